The SMILES string of the molecule is CC(C)S(=O)(=O)C(C)C(=O)Nc1nc2ccccc2[nH]1. The highest BCUT2D eigenvalue weighted by Crippen LogP contribution is 2.15. The molecular weight excluding hydrogens is 278 g/mol. The molecule has 20 heavy (non-hydrogen) atoms. The number of carbonyl (C=O) groups is 1. The van der Waals surface area contributed by atoms with Crippen molar-refractivity contribution in [3.63, 3.8) is 0 Å². The number of carbonyl (C=O) groups excluding carboxylic acids is 1. The Morgan fingerprint density at radius 3 is 2.50 bits per heavy atom. The third-order valence-electron chi connectivity index (χ3n) is 3.15. The number of aromatic amines is 1. The van der Waals surface area contributed by atoms with Crippen LogP contribution in [0.15, 0.2) is 24.3 Å². The number of fused-ring (bicyclic) bond motifs is 1. The van der Waals surface area contributed by atoms with E-state index < -0.39 is 26.2 Å². The van der Waals surface area contributed by atoms with Gasteiger partial charge in [0.15, 0.2) is 9.84 Å². The number of imidazole rings is 1. The normalized spacial score (nSPS) is 13.6. The Balaban J connectivity index is 2.19. The van der Waals surface area contributed by atoms with Crippen LogP contribution in [0.5, 0.6) is 0 Å². The summed E-state index contributed by atoms with van der Waals surface area (Å²) < 4.78 is 23.9. The average molecular weight is 295 g/mol. The largest absolute Gasteiger partial charge is 0.324 e. The fourth-order valence-electron chi connectivity index (χ4n) is 1.79. The van der Waals surface area contributed by atoms with E-state index in [9.17, 15) is 13.2 Å². The molecule has 0 aliphatic heterocycles. The van der Waals surface area contributed by atoms with Crippen LogP contribution in [0.25, 0.3) is 11.0 Å². The number of nitrogens with one attached hydrogen (secondary N) is 2. The minimum Gasteiger partial charge on any atom is -0.324 e. The zero-order chi connectivity index (χ0) is 14.9. The minimum absolute atomic E-state index is 0.252. The molecule has 2 N–H and O–H groups in total. The number of H-pyrrole nitrogens is 1. The maximum atomic E-state index is 12.0. The molecule has 0 fully saturated rings. The van der Waals surface area contributed by atoms with Crippen molar-refractivity contribution in [3.05, 3.63) is 24.3 Å². The van der Waals surface area contributed by atoms with E-state index in [4.69, 9.17) is 0 Å². The van der Waals surface area contributed by atoms with Crippen molar-refractivity contribution >= 4 is 32.7 Å². The summed E-state index contributed by atoms with van der Waals surface area (Å²) in [6.45, 7) is 4.49. The van der Waals surface area contributed by atoms with Crippen LogP contribution in [0.3, 0.4) is 0 Å². The lowest BCUT2D eigenvalue weighted by atomic mass is 10.3. The first kappa shape index (κ1) is 14.5. The van der Waals surface area contributed by atoms with Crippen molar-refractivity contribution in [2.24, 2.45) is 0 Å². The fraction of sp³-hybridized carbons (Fsp3) is 0.385. The number of para-hydroxylation sites is 2. The van der Waals surface area contributed by atoms with Gasteiger partial charge in [0.2, 0.25) is 11.9 Å². The Morgan fingerprint density at radius 1 is 1.25 bits per heavy atom. The zero-order valence-electron chi connectivity index (χ0n) is 11.5. The third-order valence-corrected chi connectivity index (χ3v) is 5.66. The monoisotopic (exact) mass is 295 g/mol. The number of rotatable bonds is 4. The maximum absolute atomic E-state index is 12.0. The van der Waals surface area contributed by atoms with Gasteiger partial charge in [0.25, 0.3) is 0 Å². The van der Waals surface area contributed by atoms with E-state index in [1.165, 1.54) is 6.92 Å². The first-order chi connectivity index (χ1) is 9.32. The van der Waals surface area contributed by atoms with Crippen molar-refractivity contribution in [1.29, 1.82) is 0 Å². The van der Waals surface area contributed by atoms with Gasteiger partial charge in [0.1, 0.15) is 5.25 Å². The molecule has 2 aromatic rings. The summed E-state index contributed by atoms with van der Waals surface area (Å²) in [5, 5.41) is 0.794. The van der Waals surface area contributed by atoms with E-state index >= 15 is 0 Å². The lowest BCUT2D eigenvalue weighted by Gasteiger charge is -2.14. The number of aromatic nitrogens is 2. The van der Waals surface area contributed by atoms with Gasteiger partial charge < -0.3 is 4.98 Å². The molecule has 0 saturated carbocycles. The second-order valence-electron chi connectivity index (χ2n) is 4.87. The van der Waals surface area contributed by atoms with Crippen molar-refractivity contribution in [2.75, 3.05) is 5.32 Å². The third kappa shape index (κ3) is 2.67. The van der Waals surface area contributed by atoms with Gasteiger partial charge in [-0.05, 0) is 32.9 Å². The Hall–Kier alpha value is -1.89. The van der Waals surface area contributed by atoms with Gasteiger partial charge in [0, 0.05) is 0 Å². The molecule has 0 spiro atoms. The lowest BCUT2D eigenvalue weighted by Crippen LogP contribution is -2.36. The Kier molecular flexibility index (Phi) is 3.80. The number of sulfone groups is 1. The summed E-state index contributed by atoms with van der Waals surface area (Å²) in [7, 11) is -3.48. The molecule has 0 aliphatic carbocycles. The molecular formula is C13H17N3O3S. The maximum Gasteiger partial charge on any atom is 0.244 e. The second kappa shape index (κ2) is 5.24. The lowest BCUT2D eigenvalue weighted by molar-refractivity contribution is -0.115. The first-order valence-electron chi connectivity index (χ1n) is 6.30. The number of anilines is 1. The van der Waals surface area contributed by atoms with Gasteiger partial charge in [0.05, 0.1) is 16.3 Å². The van der Waals surface area contributed by atoms with Gasteiger partial charge in [-0.1, -0.05) is 12.1 Å². The van der Waals surface area contributed by atoms with Gasteiger partial charge in [-0.15, -0.1) is 0 Å². The highest BCUT2D eigenvalue weighted by Gasteiger charge is 2.31. The molecule has 7 heteroatoms. The molecule has 1 aromatic heterocycles. The molecule has 6 nitrogen and oxygen atoms in total. The number of hydrogen-bond donors (Lipinski definition) is 2. The number of hydrogen-bond acceptors (Lipinski definition) is 4. The van der Waals surface area contributed by atoms with Gasteiger partial charge in [-0.3, -0.25) is 10.1 Å². The Morgan fingerprint density at radius 2 is 1.90 bits per heavy atom. The van der Waals surface area contributed by atoms with Crippen molar-refractivity contribution in [3.8, 4) is 0 Å². The molecule has 1 amide bonds. The van der Waals surface area contributed by atoms with Crippen LogP contribution in [0.1, 0.15) is 20.8 Å². The summed E-state index contributed by atoms with van der Waals surface area (Å²) in [6, 6.07) is 7.31. The van der Waals surface area contributed by atoms with E-state index in [1.807, 2.05) is 18.2 Å². The second-order valence-corrected chi connectivity index (χ2v) is 7.70. The molecule has 1 atom stereocenters. The number of amides is 1. The molecule has 1 unspecified atom stereocenters. The Labute approximate surface area is 117 Å². The molecule has 1 heterocycles. The van der Waals surface area contributed by atoms with Gasteiger partial charge in [-0.2, -0.15) is 0 Å². The smallest absolute Gasteiger partial charge is 0.244 e. The van der Waals surface area contributed by atoms with Crippen LogP contribution in [-0.2, 0) is 14.6 Å². The molecule has 2 rings (SSSR count). The standard InChI is InChI=1S/C13H17N3O3S/c1-8(2)20(18,19)9(3)12(17)16-13-14-10-6-4-5-7-11(10)15-13/h4-9H,1-3H3,(H2,14,15,16,17). The van der Waals surface area contributed by atoms with E-state index in [2.05, 4.69) is 15.3 Å². The zero-order valence-corrected chi connectivity index (χ0v) is 12.4. The average Bonchev–Trinajstić information content (AvgIpc) is 2.79. The van der Waals surface area contributed by atoms with Crippen LogP contribution >= 0.6 is 0 Å². The first-order valence-corrected chi connectivity index (χ1v) is 7.91. The van der Waals surface area contributed by atoms with Crippen LogP contribution in [0.2, 0.25) is 0 Å². The van der Waals surface area contributed by atoms with Crippen LogP contribution in [0.4, 0.5) is 5.95 Å². The quantitative estimate of drug-likeness (QED) is 0.898. The predicted octanol–water partition coefficient (Wildman–Crippen LogP) is 1.71. The summed E-state index contributed by atoms with van der Waals surface area (Å²) in [6.07, 6.45) is 0. The van der Waals surface area contributed by atoms with E-state index in [0.29, 0.717) is 5.52 Å². The van der Waals surface area contributed by atoms with Gasteiger partial charge in [-0.25, -0.2) is 13.4 Å². The summed E-state index contributed by atoms with van der Waals surface area (Å²) in [5.74, 6) is -0.334. The van der Waals surface area contributed by atoms with Crippen LogP contribution < -0.4 is 5.32 Å². The van der Waals surface area contributed by atoms with E-state index in [-0.39, 0.29) is 5.95 Å². The molecule has 108 valence electrons. The highest BCUT2D eigenvalue weighted by molar-refractivity contribution is 7.93. The van der Waals surface area contributed by atoms with Crippen LogP contribution in [0, 0.1) is 0 Å². The molecule has 0 bridgehead atoms. The van der Waals surface area contributed by atoms with Crippen molar-refractivity contribution in [2.45, 2.75) is 31.3 Å². The summed E-state index contributed by atoms with van der Waals surface area (Å²) in [5.41, 5.74) is 1.49. The highest BCUT2D eigenvalue weighted by atomic mass is 32.2. The van der Waals surface area contributed by atoms with Crippen molar-refractivity contribution < 1.29 is 13.2 Å². The van der Waals surface area contributed by atoms with E-state index in [0.717, 1.165) is 5.52 Å². The molecule has 0 radical (unpaired) electrons. The molecule has 0 aliphatic rings. The summed E-state index contributed by atoms with van der Waals surface area (Å²) in [4.78, 5) is 19.1. The predicted molar refractivity (Wildman–Crippen MR) is 78.2 cm³/mol. The number of benzene rings is 1. The number of nitrogens with zero attached hydrogens (tertiary/aromatic N) is 1. The van der Waals surface area contributed by atoms with Gasteiger partial charge >= 0.3 is 0 Å². The Bertz CT molecular complexity index is 701. The van der Waals surface area contributed by atoms with Crippen molar-refractivity contribution in [1.82, 2.24) is 9.97 Å². The van der Waals surface area contributed by atoms with Crippen LogP contribution in [-0.4, -0.2) is 34.8 Å². The molecule has 0 saturated heterocycles. The fourth-order valence-corrected chi connectivity index (χ4v) is 2.96. The van der Waals surface area contributed by atoms with E-state index in [1.54, 1.807) is 19.9 Å². The topological polar surface area (TPSA) is 91.9 Å². The minimum atomic E-state index is -3.48. The molecule has 1 aromatic carbocycles. The summed E-state index contributed by atoms with van der Waals surface area (Å²) >= 11 is 0.